The van der Waals surface area contributed by atoms with E-state index >= 15 is 0 Å². The highest BCUT2D eigenvalue weighted by atomic mass is 35.5. The van der Waals surface area contributed by atoms with E-state index in [0.717, 1.165) is 11.1 Å². The molecule has 0 radical (unpaired) electrons. The molecule has 0 aromatic heterocycles. The number of hydrogen-bond acceptors (Lipinski definition) is 3. The molecule has 6 nitrogen and oxygen atoms in total. The molecule has 2 atom stereocenters. The molecule has 1 aliphatic heterocycles. The van der Waals surface area contributed by atoms with E-state index in [2.05, 4.69) is 5.32 Å². The van der Waals surface area contributed by atoms with Gasteiger partial charge in [-0.05, 0) is 18.9 Å². The number of benzene rings is 1. The van der Waals surface area contributed by atoms with Crippen molar-refractivity contribution in [2.45, 2.75) is 32.7 Å². The van der Waals surface area contributed by atoms with Gasteiger partial charge in [-0.2, -0.15) is 0 Å². The van der Waals surface area contributed by atoms with E-state index in [4.69, 9.17) is 5.11 Å². The van der Waals surface area contributed by atoms with Gasteiger partial charge in [-0.15, -0.1) is 12.4 Å². The van der Waals surface area contributed by atoms with Gasteiger partial charge in [-0.1, -0.05) is 29.8 Å². The van der Waals surface area contributed by atoms with Gasteiger partial charge in [-0.3, -0.25) is 14.4 Å². The summed E-state index contributed by atoms with van der Waals surface area (Å²) in [5.74, 6) is -1.68. The van der Waals surface area contributed by atoms with E-state index in [1.165, 1.54) is 6.92 Å². The fourth-order valence-electron chi connectivity index (χ4n) is 2.79. The fourth-order valence-corrected chi connectivity index (χ4v) is 2.79. The maximum Gasteiger partial charge on any atom is 0.308 e. The zero-order valence-electron chi connectivity index (χ0n) is 13.8. The van der Waals surface area contributed by atoms with Crippen LogP contribution in [0, 0.1) is 12.8 Å². The third kappa shape index (κ3) is 5.23. The maximum atomic E-state index is 12.4. The zero-order valence-corrected chi connectivity index (χ0v) is 14.6. The molecule has 1 aliphatic rings. The SMILES string of the molecule is CC(=O)NC(CC(=O)N1CCC(C(=O)O)C1)c1ccc(C)cc1.Cl. The van der Waals surface area contributed by atoms with Crippen LogP contribution in [0.25, 0.3) is 0 Å². The van der Waals surface area contributed by atoms with Gasteiger partial charge >= 0.3 is 5.97 Å². The highest BCUT2D eigenvalue weighted by Crippen LogP contribution is 2.22. The van der Waals surface area contributed by atoms with Crippen molar-refractivity contribution in [3.05, 3.63) is 35.4 Å². The lowest BCUT2D eigenvalue weighted by Crippen LogP contribution is -2.35. The van der Waals surface area contributed by atoms with Gasteiger partial charge in [0.1, 0.15) is 0 Å². The smallest absolute Gasteiger partial charge is 0.308 e. The number of aliphatic carboxylic acids is 1. The predicted octanol–water partition coefficient (Wildman–Crippen LogP) is 1.92. The third-order valence-electron chi connectivity index (χ3n) is 4.13. The van der Waals surface area contributed by atoms with Crippen LogP contribution in [-0.2, 0) is 14.4 Å². The Morgan fingerprint density at radius 1 is 1.29 bits per heavy atom. The normalized spacial score (nSPS) is 17.8. The summed E-state index contributed by atoms with van der Waals surface area (Å²) >= 11 is 0. The molecule has 1 aromatic rings. The number of nitrogens with zero attached hydrogens (tertiary/aromatic N) is 1. The average Bonchev–Trinajstić information content (AvgIpc) is 2.97. The molecule has 2 unspecified atom stereocenters. The van der Waals surface area contributed by atoms with Crippen molar-refractivity contribution in [1.82, 2.24) is 10.2 Å². The number of carboxylic acids is 1. The van der Waals surface area contributed by atoms with E-state index in [1.807, 2.05) is 31.2 Å². The Labute approximate surface area is 147 Å². The second kappa shape index (κ2) is 8.68. The first-order valence-corrected chi connectivity index (χ1v) is 7.71. The summed E-state index contributed by atoms with van der Waals surface area (Å²) in [7, 11) is 0. The zero-order chi connectivity index (χ0) is 17.0. The molecule has 1 aromatic carbocycles. The lowest BCUT2D eigenvalue weighted by molar-refractivity contribution is -0.141. The molecule has 0 spiro atoms. The van der Waals surface area contributed by atoms with Crippen molar-refractivity contribution in [3.8, 4) is 0 Å². The van der Waals surface area contributed by atoms with Gasteiger partial charge in [0.2, 0.25) is 11.8 Å². The van der Waals surface area contributed by atoms with Crippen LogP contribution in [0.1, 0.15) is 36.9 Å². The first-order chi connectivity index (χ1) is 10.9. The molecule has 7 heteroatoms. The number of nitrogens with one attached hydrogen (secondary N) is 1. The Hall–Kier alpha value is -2.08. The summed E-state index contributed by atoms with van der Waals surface area (Å²) in [5, 5.41) is 11.8. The lowest BCUT2D eigenvalue weighted by Gasteiger charge is -2.22. The van der Waals surface area contributed by atoms with Gasteiger partial charge in [0, 0.05) is 20.0 Å². The number of halogens is 1. The van der Waals surface area contributed by atoms with Gasteiger partial charge in [0.05, 0.1) is 18.4 Å². The molecular weight excluding hydrogens is 332 g/mol. The lowest BCUT2D eigenvalue weighted by atomic mass is 10.0. The minimum Gasteiger partial charge on any atom is -0.481 e. The Morgan fingerprint density at radius 2 is 1.92 bits per heavy atom. The molecule has 0 bridgehead atoms. The first-order valence-electron chi connectivity index (χ1n) is 7.71. The molecule has 132 valence electrons. The van der Waals surface area contributed by atoms with Gasteiger partial charge in [0.25, 0.3) is 0 Å². The van der Waals surface area contributed by atoms with Gasteiger partial charge < -0.3 is 15.3 Å². The molecule has 1 heterocycles. The molecule has 2 rings (SSSR count). The Kier molecular flexibility index (Phi) is 7.22. The van der Waals surface area contributed by atoms with Crippen molar-refractivity contribution < 1.29 is 19.5 Å². The molecule has 1 fully saturated rings. The molecule has 0 aliphatic carbocycles. The number of carbonyl (C=O) groups excluding carboxylic acids is 2. The Balaban J connectivity index is 0.00000288. The minimum atomic E-state index is -0.864. The number of rotatable bonds is 5. The maximum absolute atomic E-state index is 12.4. The third-order valence-corrected chi connectivity index (χ3v) is 4.13. The highest BCUT2D eigenvalue weighted by Gasteiger charge is 2.31. The van der Waals surface area contributed by atoms with Crippen molar-refractivity contribution in [2.75, 3.05) is 13.1 Å². The molecule has 1 saturated heterocycles. The Morgan fingerprint density at radius 3 is 2.42 bits per heavy atom. The van der Waals surface area contributed by atoms with Crippen LogP contribution in [0.2, 0.25) is 0 Å². The fraction of sp³-hybridized carbons (Fsp3) is 0.471. The van der Waals surface area contributed by atoms with E-state index in [9.17, 15) is 14.4 Å². The molecule has 2 N–H and O–H groups in total. The molecular formula is C17H23ClN2O4. The second-order valence-corrected chi connectivity index (χ2v) is 6.03. The minimum absolute atomic E-state index is 0. The standard InChI is InChI=1S/C17H22N2O4.ClH/c1-11-3-5-13(6-4-11)15(18-12(2)20)9-16(21)19-8-7-14(10-19)17(22)23;/h3-6,14-15H,7-10H2,1-2H3,(H,18,20)(H,22,23);1H. The monoisotopic (exact) mass is 354 g/mol. The number of amides is 2. The second-order valence-electron chi connectivity index (χ2n) is 6.03. The molecule has 24 heavy (non-hydrogen) atoms. The van der Waals surface area contributed by atoms with E-state index in [0.29, 0.717) is 13.0 Å². The number of aryl methyl sites for hydroxylation is 1. The van der Waals surface area contributed by atoms with E-state index < -0.39 is 17.9 Å². The van der Waals surface area contributed by atoms with Gasteiger partial charge in [-0.25, -0.2) is 0 Å². The van der Waals surface area contributed by atoms with Crippen molar-refractivity contribution in [1.29, 1.82) is 0 Å². The summed E-state index contributed by atoms with van der Waals surface area (Å²) in [6, 6.07) is 7.26. The van der Waals surface area contributed by atoms with Crippen LogP contribution < -0.4 is 5.32 Å². The van der Waals surface area contributed by atoms with Crippen LogP contribution in [0.4, 0.5) is 0 Å². The summed E-state index contributed by atoms with van der Waals surface area (Å²) in [4.78, 5) is 36.4. The molecule has 0 saturated carbocycles. The number of likely N-dealkylation sites (tertiary alicyclic amines) is 1. The number of carboxylic acid groups (broad SMARTS) is 1. The van der Waals surface area contributed by atoms with Crippen LogP contribution in [0.15, 0.2) is 24.3 Å². The quantitative estimate of drug-likeness (QED) is 0.845. The highest BCUT2D eigenvalue weighted by molar-refractivity contribution is 5.85. The van der Waals surface area contributed by atoms with Crippen LogP contribution in [-0.4, -0.2) is 40.9 Å². The van der Waals surface area contributed by atoms with E-state index in [1.54, 1.807) is 4.90 Å². The van der Waals surface area contributed by atoms with Crippen LogP contribution >= 0.6 is 12.4 Å². The van der Waals surface area contributed by atoms with Crippen molar-refractivity contribution >= 4 is 30.2 Å². The van der Waals surface area contributed by atoms with Crippen molar-refractivity contribution in [3.63, 3.8) is 0 Å². The van der Waals surface area contributed by atoms with Crippen LogP contribution in [0.3, 0.4) is 0 Å². The van der Waals surface area contributed by atoms with Gasteiger partial charge in [0.15, 0.2) is 0 Å². The summed E-state index contributed by atoms with van der Waals surface area (Å²) < 4.78 is 0. The van der Waals surface area contributed by atoms with Crippen molar-refractivity contribution in [2.24, 2.45) is 5.92 Å². The molecule has 2 amide bonds. The predicted molar refractivity (Wildman–Crippen MR) is 91.9 cm³/mol. The topological polar surface area (TPSA) is 86.7 Å². The number of hydrogen-bond donors (Lipinski definition) is 2. The summed E-state index contributed by atoms with van der Waals surface area (Å²) in [5.41, 5.74) is 1.97. The first kappa shape index (κ1) is 20.0. The summed E-state index contributed by atoms with van der Waals surface area (Å²) in [6.07, 6.45) is 0.616. The number of carbonyl (C=O) groups is 3. The van der Waals surface area contributed by atoms with E-state index in [-0.39, 0.29) is 37.2 Å². The van der Waals surface area contributed by atoms with Crippen LogP contribution in [0.5, 0.6) is 0 Å². The Bertz CT molecular complexity index is 603. The summed E-state index contributed by atoms with van der Waals surface area (Å²) in [6.45, 7) is 4.09. The largest absolute Gasteiger partial charge is 0.481 e. The average molecular weight is 355 g/mol.